The lowest BCUT2D eigenvalue weighted by molar-refractivity contribution is 0.556. The maximum absolute atomic E-state index is 12.4. The first-order valence-electron chi connectivity index (χ1n) is 2.91. The molecule has 1 aromatic rings. The first-order chi connectivity index (χ1) is 5.08. The van der Waals surface area contributed by atoms with Crippen LogP contribution in [0.1, 0.15) is 0 Å². The lowest BCUT2D eigenvalue weighted by Gasteiger charge is -1.99. The summed E-state index contributed by atoms with van der Waals surface area (Å²) in [4.78, 5) is 0.584. The predicted molar refractivity (Wildman–Crippen MR) is 45.2 cm³/mol. The van der Waals surface area contributed by atoms with Crippen LogP contribution in [0.5, 0.6) is 0 Å². The summed E-state index contributed by atoms with van der Waals surface area (Å²) in [7, 11) is 0. The van der Waals surface area contributed by atoms with E-state index < -0.39 is 6.81 Å². The van der Waals surface area contributed by atoms with Gasteiger partial charge in [0, 0.05) is 4.90 Å². The van der Waals surface area contributed by atoms with Crippen LogP contribution in [0, 0.1) is 0 Å². The number of hydrogen-bond donors (Lipinski definition) is 1. The Balaban J connectivity index is 2.74. The summed E-state index contributed by atoms with van der Waals surface area (Å²) >= 11 is 0.567. The third-order valence-corrected chi connectivity index (χ3v) is 3.08. The van der Waals surface area contributed by atoms with Crippen molar-refractivity contribution >= 4 is 18.2 Å². The number of hydrogen-bond acceptors (Lipinski definition) is 2. The van der Waals surface area contributed by atoms with Crippen molar-refractivity contribution in [2.45, 2.75) is 4.90 Å². The highest BCUT2D eigenvalue weighted by molar-refractivity contribution is 8.55. The average molecular weight is 191 g/mol. The van der Waals surface area contributed by atoms with Crippen LogP contribution >= 0.6 is 18.2 Å². The van der Waals surface area contributed by atoms with Gasteiger partial charge in [0.15, 0.2) is 0 Å². The van der Waals surface area contributed by atoms with Crippen LogP contribution in [-0.4, -0.2) is 0 Å². The maximum Gasteiger partial charge on any atom is 0.365 e. The van der Waals surface area contributed by atoms with Gasteiger partial charge in [0.05, 0.1) is 0 Å². The van der Waals surface area contributed by atoms with Crippen molar-refractivity contribution < 1.29 is 8.76 Å². The van der Waals surface area contributed by atoms with Gasteiger partial charge in [0.25, 0.3) is 0 Å². The molecule has 1 rings (SSSR count). The van der Waals surface area contributed by atoms with Crippen LogP contribution in [0.2, 0.25) is 0 Å². The third-order valence-electron chi connectivity index (χ3n) is 0.973. The summed E-state index contributed by atoms with van der Waals surface area (Å²) in [5, 5.41) is 0. The largest absolute Gasteiger partial charge is 0.365 e. The van der Waals surface area contributed by atoms with Crippen molar-refractivity contribution in [3.63, 3.8) is 0 Å². The summed E-state index contributed by atoms with van der Waals surface area (Å²) in [5.74, 6) is 0. The molecule has 0 heterocycles. The molecule has 60 valence electrons. The monoisotopic (exact) mass is 191 g/mol. The zero-order valence-electron chi connectivity index (χ0n) is 5.61. The van der Waals surface area contributed by atoms with Gasteiger partial charge < -0.3 is 0 Å². The van der Waals surface area contributed by atoms with Gasteiger partial charge in [0.2, 0.25) is 0 Å². The minimum Gasteiger partial charge on any atom is -0.257 e. The summed E-state index contributed by atoms with van der Waals surface area (Å²) in [6.07, 6.45) is 0. The number of benzene rings is 1. The smallest absolute Gasteiger partial charge is 0.257 e. The maximum atomic E-state index is 12.4. The van der Waals surface area contributed by atoms with Gasteiger partial charge in [0.1, 0.15) is 0 Å². The van der Waals surface area contributed by atoms with E-state index in [1.807, 2.05) is 0 Å². The molecule has 1 aromatic carbocycles. The van der Waals surface area contributed by atoms with E-state index in [0.29, 0.717) is 16.3 Å². The van der Waals surface area contributed by atoms with Gasteiger partial charge in [-0.1, -0.05) is 18.2 Å². The second-order valence-corrected chi connectivity index (χ2v) is 5.66. The van der Waals surface area contributed by atoms with Gasteiger partial charge in [-0.05, 0) is 23.5 Å². The normalized spacial score (nSPS) is 15.8. The van der Waals surface area contributed by atoms with E-state index in [-0.39, 0.29) is 0 Å². The Bertz CT molecular complexity index is 273. The summed E-state index contributed by atoms with van der Waals surface area (Å²) in [6, 6.07) is 8.58. The average Bonchev–Trinajstić information content (AvgIpc) is 1.85. The molecule has 0 aromatic heterocycles. The van der Waals surface area contributed by atoms with Gasteiger partial charge >= 0.3 is 6.81 Å². The molecule has 0 spiro atoms. The van der Waals surface area contributed by atoms with Crippen molar-refractivity contribution in [1.29, 1.82) is 0 Å². The standard InChI is InChI=1S/C6H7FNOPS/c7-10(8,9)11-6-4-2-1-3-5-6/h1-5H,(H2,8,9). The molecular weight excluding hydrogens is 184 g/mol. The molecule has 0 aliphatic heterocycles. The van der Waals surface area contributed by atoms with E-state index in [4.69, 9.17) is 5.50 Å². The van der Waals surface area contributed by atoms with Crippen LogP contribution in [0.15, 0.2) is 35.2 Å². The highest BCUT2D eigenvalue weighted by atomic mass is 32.7. The Hall–Kier alpha value is -0.310. The van der Waals surface area contributed by atoms with Gasteiger partial charge in [-0.15, -0.1) is 0 Å². The molecule has 0 bridgehead atoms. The van der Waals surface area contributed by atoms with Gasteiger partial charge in [-0.2, -0.15) is 4.20 Å². The van der Waals surface area contributed by atoms with Crippen LogP contribution < -0.4 is 5.50 Å². The van der Waals surface area contributed by atoms with Crippen molar-refractivity contribution in [1.82, 2.24) is 0 Å². The minimum atomic E-state index is -3.97. The van der Waals surface area contributed by atoms with Crippen molar-refractivity contribution in [2.24, 2.45) is 5.50 Å². The fraction of sp³-hybridized carbons (Fsp3) is 0. The van der Waals surface area contributed by atoms with Crippen LogP contribution in [0.3, 0.4) is 0 Å². The highest BCUT2D eigenvalue weighted by Gasteiger charge is 2.14. The zero-order chi connectivity index (χ0) is 8.32. The Morgan fingerprint density at radius 1 is 1.36 bits per heavy atom. The van der Waals surface area contributed by atoms with Crippen molar-refractivity contribution in [3.05, 3.63) is 30.3 Å². The molecule has 0 radical (unpaired) electrons. The third kappa shape index (κ3) is 3.56. The molecule has 1 atom stereocenters. The van der Waals surface area contributed by atoms with E-state index in [0.717, 1.165) is 0 Å². The Morgan fingerprint density at radius 3 is 2.36 bits per heavy atom. The van der Waals surface area contributed by atoms with E-state index >= 15 is 0 Å². The molecule has 2 N–H and O–H groups in total. The van der Waals surface area contributed by atoms with E-state index in [1.54, 1.807) is 30.3 Å². The van der Waals surface area contributed by atoms with Gasteiger partial charge in [-0.25, -0.2) is 5.50 Å². The van der Waals surface area contributed by atoms with Gasteiger partial charge in [-0.3, -0.25) is 4.57 Å². The van der Waals surface area contributed by atoms with E-state index in [9.17, 15) is 8.76 Å². The van der Waals surface area contributed by atoms with Crippen molar-refractivity contribution in [3.8, 4) is 0 Å². The fourth-order valence-electron chi connectivity index (χ4n) is 0.625. The van der Waals surface area contributed by atoms with Crippen LogP contribution in [-0.2, 0) is 4.57 Å². The Morgan fingerprint density at radius 2 is 1.91 bits per heavy atom. The topological polar surface area (TPSA) is 43.1 Å². The second kappa shape index (κ2) is 3.39. The first-order valence-corrected chi connectivity index (χ1v) is 6.00. The molecule has 0 amide bonds. The lowest BCUT2D eigenvalue weighted by atomic mass is 10.4. The second-order valence-electron chi connectivity index (χ2n) is 1.93. The summed E-state index contributed by atoms with van der Waals surface area (Å²) in [5.41, 5.74) is 4.72. The molecule has 0 aliphatic rings. The number of rotatable bonds is 2. The van der Waals surface area contributed by atoms with Crippen molar-refractivity contribution in [2.75, 3.05) is 0 Å². The van der Waals surface area contributed by atoms with Crippen LogP contribution in [0.25, 0.3) is 0 Å². The summed E-state index contributed by atoms with van der Waals surface area (Å²) < 4.78 is 22.8. The number of nitrogens with two attached hydrogens (primary N) is 1. The Labute approximate surface area is 68.3 Å². The molecule has 0 saturated heterocycles. The minimum absolute atomic E-state index is 0.567. The molecule has 1 unspecified atom stereocenters. The van der Waals surface area contributed by atoms with E-state index in [2.05, 4.69) is 0 Å². The highest BCUT2D eigenvalue weighted by Crippen LogP contribution is 2.56. The molecule has 0 saturated carbocycles. The zero-order valence-corrected chi connectivity index (χ0v) is 7.32. The predicted octanol–water partition coefficient (Wildman–Crippen LogP) is 2.82. The molecule has 0 aliphatic carbocycles. The molecule has 5 heteroatoms. The molecular formula is C6H7FNOPS. The SMILES string of the molecule is NP(=O)(F)Sc1ccccc1. The molecule has 0 fully saturated rings. The lowest BCUT2D eigenvalue weighted by Crippen LogP contribution is -1.81. The van der Waals surface area contributed by atoms with Crippen LogP contribution in [0.4, 0.5) is 4.20 Å². The fourth-order valence-corrected chi connectivity index (χ4v) is 2.42. The molecule has 11 heavy (non-hydrogen) atoms. The molecule has 2 nitrogen and oxygen atoms in total. The first kappa shape index (κ1) is 8.78. The number of halogens is 1. The van der Waals surface area contributed by atoms with E-state index in [1.165, 1.54) is 0 Å². The Kier molecular flexibility index (Phi) is 2.71. The summed E-state index contributed by atoms with van der Waals surface area (Å²) in [6.45, 7) is -3.97. The quantitative estimate of drug-likeness (QED) is 0.731.